The normalized spacial score (nSPS) is 19.4. The molecule has 1 fully saturated rings. The number of rotatable bonds is 3. The highest BCUT2D eigenvalue weighted by atomic mass is 16.5. The molecule has 0 aromatic carbocycles. The summed E-state index contributed by atoms with van der Waals surface area (Å²) in [5, 5.41) is 7.57. The van der Waals surface area contributed by atoms with E-state index in [9.17, 15) is 0 Å². The average molecular weight is 195 g/mol. The Morgan fingerprint density at radius 3 is 2.71 bits per heavy atom. The minimum atomic E-state index is 0.000231. The molecule has 1 aliphatic rings. The molecule has 14 heavy (non-hydrogen) atoms. The second kappa shape index (κ2) is 3.37. The van der Waals surface area contributed by atoms with Gasteiger partial charge in [0.05, 0.1) is 11.3 Å². The van der Waals surface area contributed by atoms with Crippen LogP contribution in [0.1, 0.15) is 11.4 Å². The molecule has 0 saturated carbocycles. The summed E-state index contributed by atoms with van der Waals surface area (Å²) in [5.41, 5.74) is 2.31. The molecule has 0 atom stereocenters. The number of aromatic nitrogens is 2. The summed E-state index contributed by atoms with van der Waals surface area (Å²) in [6.45, 7) is 3.89. The van der Waals surface area contributed by atoms with Gasteiger partial charge in [-0.3, -0.25) is 4.68 Å². The zero-order valence-electron chi connectivity index (χ0n) is 9.00. The fourth-order valence-corrected chi connectivity index (χ4v) is 1.91. The lowest BCUT2D eigenvalue weighted by Crippen LogP contribution is -2.62. The number of nitrogens with one attached hydrogen (secondary N) is 1. The topological polar surface area (TPSA) is 39.1 Å². The van der Waals surface area contributed by atoms with Gasteiger partial charge in [0.1, 0.15) is 0 Å². The number of methoxy groups -OCH3 is 1. The molecule has 4 heteroatoms. The molecule has 2 rings (SSSR count). The fraction of sp³-hybridized carbons (Fsp3) is 0.700. The predicted octanol–water partition coefficient (Wildman–Crippen LogP) is 0.259. The third-order valence-corrected chi connectivity index (χ3v) is 2.93. The van der Waals surface area contributed by atoms with E-state index in [1.165, 1.54) is 5.69 Å². The predicted molar refractivity (Wildman–Crippen MR) is 54.3 cm³/mol. The highest BCUT2D eigenvalue weighted by Gasteiger charge is 2.37. The maximum absolute atomic E-state index is 5.54. The second-order valence-electron chi connectivity index (χ2n) is 4.07. The number of nitrogens with zero attached hydrogens (tertiary/aromatic N) is 2. The number of hydrogen-bond acceptors (Lipinski definition) is 3. The Kier molecular flexibility index (Phi) is 2.33. The van der Waals surface area contributed by atoms with Crippen LogP contribution in [0.2, 0.25) is 0 Å². The van der Waals surface area contributed by atoms with E-state index < -0.39 is 0 Å². The van der Waals surface area contributed by atoms with Gasteiger partial charge < -0.3 is 10.1 Å². The lowest BCUT2D eigenvalue weighted by molar-refractivity contribution is -0.0514. The minimum Gasteiger partial charge on any atom is -0.375 e. The molecule has 0 radical (unpaired) electrons. The number of hydrogen-bond donors (Lipinski definition) is 1. The molecule has 1 aliphatic heterocycles. The zero-order chi connectivity index (χ0) is 10.2. The zero-order valence-corrected chi connectivity index (χ0v) is 9.00. The van der Waals surface area contributed by atoms with E-state index in [0.717, 1.165) is 25.2 Å². The molecule has 0 bridgehead atoms. The summed E-state index contributed by atoms with van der Waals surface area (Å²) >= 11 is 0. The van der Waals surface area contributed by atoms with Crippen LogP contribution in [0.5, 0.6) is 0 Å². The summed E-state index contributed by atoms with van der Waals surface area (Å²) in [6, 6.07) is 2.12. The van der Waals surface area contributed by atoms with Crippen LogP contribution in [-0.2, 0) is 18.2 Å². The van der Waals surface area contributed by atoms with E-state index in [2.05, 4.69) is 16.5 Å². The largest absolute Gasteiger partial charge is 0.375 e. The van der Waals surface area contributed by atoms with Crippen LogP contribution in [-0.4, -0.2) is 35.6 Å². The molecule has 2 heterocycles. The summed E-state index contributed by atoms with van der Waals surface area (Å²) < 4.78 is 7.48. The molecule has 78 valence electrons. The molecule has 0 unspecified atom stereocenters. The van der Waals surface area contributed by atoms with E-state index in [1.54, 1.807) is 7.11 Å². The third-order valence-electron chi connectivity index (χ3n) is 2.93. The van der Waals surface area contributed by atoms with E-state index in [4.69, 9.17) is 4.74 Å². The lowest BCUT2D eigenvalue weighted by atomic mass is 9.91. The van der Waals surface area contributed by atoms with Crippen molar-refractivity contribution in [2.45, 2.75) is 18.9 Å². The van der Waals surface area contributed by atoms with Gasteiger partial charge in [0.15, 0.2) is 0 Å². The van der Waals surface area contributed by atoms with Gasteiger partial charge in [-0.05, 0) is 13.0 Å². The van der Waals surface area contributed by atoms with Crippen LogP contribution >= 0.6 is 0 Å². The fourth-order valence-electron chi connectivity index (χ4n) is 1.91. The van der Waals surface area contributed by atoms with Gasteiger partial charge in [0.25, 0.3) is 0 Å². The van der Waals surface area contributed by atoms with Crippen molar-refractivity contribution in [3.05, 3.63) is 17.5 Å². The van der Waals surface area contributed by atoms with Crippen molar-refractivity contribution in [1.82, 2.24) is 15.1 Å². The molecule has 0 amide bonds. The molecule has 0 spiro atoms. The molecular weight excluding hydrogens is 178 g/mol. The molecule has 0 aliphatic carbocycles. The molecule has 1 aromatic rings. The molecule has 4 nitrogen and oxygen atoms in total. The van der Waals surface area contributed by atoms with Gasteiger partial charge in [0, 0.05) is 39.4 Å². The third kappa shape index (κ3) is 1.55. The van der Waals surface area contributed by atoms with Gasteiger partial charge >= 0.3 is 0 Å². The monoisotopic (exact) mass is 195 g/mol. The van der Waals surface area contributed by atoms with Gasteiger partial charge in [0.2, 0.25) is 0 Å². The van der Waals surface area contributed by atoms with Crippen LogP contribution in [0.25, 0.3) is 0 Å². The average Bonchev–Trinajstić information content (AvgIpc) is 2.38. The van der Waals surface area contributed by atoms with Crippen LogP contribution in [0.3, 0.4) is 0 Å². The van der Waals surface area contributed by atoms with E-state index in [0.29, 0.717) is 0 Å². The van der Waals surface area contributed by atoms with Crippen molar-refractivity contribution in [1.29, 1.82) is 0 Å². The van der Waals surface area contributed by atoms with Crippen LogP contribution < -0.4 is 5.32 Å². The Morgan fingerprint density at radius 2 is 2.36 bits per heavy atom. The highest BCUT2D eigenvalue weighted by Crippen LogP contribution is 2.21. The SMILES string of the molecule is COC1(Cc2cc(C)nn2C)CNC1. The van der Waals surface area contributed by atoms with Crippen molar-refractivity contribution in [2.24, 2.45) is 7.05 Å². The van der Waals surface area contributed by atoms with Crippen LogP contribution in [0.4, 0.5) is 0 Å². The first-order valence-corrected chi connectivity index (χ1v) is 4.91. The molecule has 1 N–H and O–H groups in total. The van der Waals surface area contributed by atoms with Crippen LogP contribution in [0.15, 0.2) is 6.07 Å². The second-order valence-corrected chi connectivity index (χ2v) is 4.07. The standard InChI is InChI=1S/C10H17N3O/c1-8-4-9(13(2)12-8)5-10(14-3)6-11-7-10/h4,11H,5-7H2,1-3H3. The van der Waals surface area contributed by atoms with Crippen molar-refractivity contribution >= 4 is 0 Å². The van der Waals surface area contributed by atoms with Crippen molar-refractivity contribution in [2.75, 3.05) is 20.2 Å². The van der Waals surface area contributed by atoms with Crippen molar-refractivity contribution in [3.63, 3.8) is 0 Å². The summed E-state index contributed by atoms with van der Waals surface area (Å²) in [6.07, 6.45) is 0.938. The quantitative estimate of drug-likeness (QED) is 0.752. The molecular formula is C10H17N3O. The van der Waals surface area contributed by atoms with Gasteiger partial charge in [-0.25, -0.2) is 0 Å². The van der Waals surface area contributed by atoms with Crippen molar-refractivity contribution in [3.8, 4) is 0 Å². The maximum Gasteiger partial charge on any atom is 0.0980 e. The Labute approximate surface area is 84.3 Å². The van der Waals surface area contributed by atoms with Crippen molar-refractivity contribution < 1.29 is 4.74 Å². The Hall–Kier alpha value is -0.870. The smallest absolute Gasteiger partial charge is 0.0980 e. The van der Waals surface area contributed by atoms with Gasteiger partial charge in [-0.15, -0.1) is 0 Å². The highest BCUT2D eigenvalue weighted by molar-refractivity contribution is 5.14. The summed E-state index contributed by atoms with van der Waals surface area (Å²) in [7, 11) is 3.77. The van der Waals surface area contributed by atoms with Gasteiger partial charge in [-0.1, -0.05) is 0 Å². The maximum atomic E-state index is 5.54. The Bertz CT molecular complexity index is 323. The number of aryl methyl sites for hydroxylation is 2. The molecule has 1 saturated heterocycles. The first-order chi connectivity index (χ1) is 6.65. The lowest BCUT2D eigenvalue weighted by Gasteiger charge is -2.41. The first kappa shape index (κ1) is 9.68. The van der Waals surface area contributed by atoms with E-state index in [1.807, 2.05) is 18.7 Å². The van der Waals surface area contributed by atoms with Gasteiger partial charge in [-0.2, -0.15) is 5.10 Å². The van der Waals surface area contributed by atoms with Crippen LogP contribution in [0, 0.1) is 6.92 Å². The van der Waals surface area contributed by atoms with E-state index in [-0.39, 0.29) is 5.60 Å². The molecule has 1 aromatic heterocycles. The van der Waals surface area contributed by atoms with E-state index >= 15 is 0 Å². The minimum absolute atomic E-state index is 0.000231. The summed E-state index contributed by atoms with van der Waals surface area (Å²) in [4.78, 5) is 0. The Balaban J connectivity index is 2.13. The Morgan fingerprint density at radius 1 is 1.64 bits per heavy atom. The first-order valence-electron chi connectivity index (χ1n) is 4.91. The summed E-state index contributed by atoms with van der Waals surface area (Å²) in [5.74, 6) is 0. The number of ether oxygens (including phenoxy) is 1.